The van der Waals surface area contributed by atoms with Crippen LogP contribution in [0.2, 0.25) is 0 Å². The van der Waals surface area contributed by atoms with E-state index in [0.717, 1.165) is 22.2 Å². The van der Waals surface area contributed by atoms with Crippen LogP contribution in [0.5, 0.6) is 0 Å². The van der Waals surface area contributed by atoms with Gasteiger partial charge >= 0.3 is 12.1 Å². The Balaban J connectivity index is 1.52. The number of hydrogen-bond acceptors (Lipinski definition) is 6. The van der Waals surface area contributed by atoms with Gasteiger partial charge in [0.2, 0.25) is 5.91 Å². The maximum atomic E-state index is 12.1. The van der Waals surface area contributed by atoms with Gasteiger partial charge in [0.15, 0.2) is 0 Å². The molecule has 1 aromatic carbocycles. The fourth-order valence-electron chi connectivity index (χ4n) is 3.05. The second-order valence-corrected chi connectivity index (χ2v) is 7.54. The normalized spacial score (nSPS) is 22.1. The minimum absolute atomic E-state index is 0.0655. The lowest BCUT2D eigenvalue weighted by Crippen LogP contribution is -2.60. The van der Waals surface area contributed by atoms with Crippen molar-refractivity contribution in [2.45, 2.75) is 18.4 Å². The molecule has 2 aliphatic heterocycles. The molecule has 148 valence electrons. The average Bonchev–Trinajstić information content (AvgIpc) is 2.98. The number of benzene rings is 1. The summed E-state index contributed by atoms with van der Waals surface area (Å²) in [6, 6.07) is 9.53. The van der Waals surface area contributed by atoms with Crippen LogP contribution in [0, 0.1) is 5.92 Å². The molecule has 9 heteroatoms. The molecule has 0 radical (unpaired) electrons. The molecular weight excluding hydrogens is 384 g/mol. The van der Waals surface area contributed by atoms with Crippen LogP contribution in [0.4, 0.5) is 4.79 Å². The van der Waals surface area contributed by atoms with Gasteiger partial charge in [-0.2, -0.15) is 0 Å². The van der Waals surface area contributed by atoms with Crippen LogP contribution in [0.3, 0.4) is 0 Å². The van der Waals surface area contributed by atoms with E-state index in [-0.39, 0.29) is 18.8 Å². The molecule has 8 nitrogen and oxygen atoms in total. The number of β-lactam (4-membered cyclic amide) rings is 1. The lowest BCUT2D eigenvalue weighted by Gasteiger charge is -2.43. The minimum atomic E-state index is -1.25. The zero-order valence-corrected chi connectivity index (χ0v) is 15.9. The van der Waals surface area contributed by atoms with E-state index in [9.17, 15) is 24.6 Å². The predicted molar refractivity (Wildman–Crippen MR) is 103 cm³/mol. The molecule has 28 heavy (non-hydrogen) atoms. The highest BCUT2D eigenvalue weighted by atomic mass is 32.2. The zero-order valence-electron chi connectivity index (χ0n) is 15.1. The Morgan fingerprint density at radius 1 is 1.36 bits per heavy atom. The monoisotopic (exact) mass is 404 g/mol. The maximum Gasteiger partial charge on any atom is 0.407 e. The van der Waals surface area contributed by atoms with Gasteiger partial charge in [0.25, 0.3) is 0 Å². The van der Waals surface area contributed by atoms with Crippen molar-refractivity contribution in [2.24, 2.45) is 5.92 Å². The van der Waals surface area contributed by atoms with Crippen molar-refractivity contribution >= 4 is 35.8 Å². The average molecular weight is 404 g/mol. The van der Waals surface area contributed by atoms with Crippen LogP contribution in [0.25, 0.3) is 6.08 Å². The van der Waals surface area contributed by atoms with Gasteiger partial charge in [-0.15, -0.1) is 0 Å². The van der Waals surface area contributed by atoms with Gasteiger partial charge in [-0.25, -0.2) is 9.59 Å². The number of carboxylic acids is 1. The third-order valence-electron chi connectivity index (χ3n) is 4.39. The Hall–Kier alpha value is -2.78. The van der Waals surface area contributed by atoms with E-state index < -0.39 is 35.4 Å². The number of amides is 2. The number of aliphatic hydroxyl groups excluding tert-OH is 1. The summed E-state index contributed by atoms with van der Waals surface area (Å²) in [5, 5.41) is 21.2. The van der Waals surface area contributed by atoms with Crippen LogP contribution >= 0.6 is 11.8 Å². The van der Waals surface area contributed by atoms with E-state index in [4.69, 9.17) is 4.74 Å². The van der Waals surface area contributed by atoms with Crippen molar-refractivity contribution in [1.82, 2.24) is 10.2 Å². The molecule has 3 N–H and O–H groups in total. The van der Waals surface area contributed by atoms with Gasteiger partial charge in [-0.05, 0) is 18.6 Å². The van der Waals surface area contributed by atoms with Crippen LogP contribution in [-0.4, -0.2) is 57.7 Å². The molecule has 0 saturated carbocycles. The topological polar surface area (TPSA) is 116 Å². The van der Waals surface area contributed by atoms with Gasteiger partial charge in [0.1, 0.15) is 17.7 Å². The zero-order chi connectivity index (χ0) is 20.3. The number of hydrogen-bond donors (Lipinski definition) is 3. The molecule has 3 atom stereocenters. The molecule has 1 aromatic rings. The van der Waals surface area contributed by atoms with Gasteiger partial charge < -0.3 is 20.3 Å². The van der Waals surface area contributed by atoms with Gasteiger partial charge in [-0.1, -0.05) is 48.2 Å². The molecule has 2 heterocycles. The molecule has 0 spiro atoms. The number of fused-ring (bicyclic) bond motifs is 1. The Morgan fingerprint density at radius 2 is 2.07 bits per heavy atom. The van der Waals surface area contributed by atoms with Crippen molar-refractivity contribution in [3.05, 3.63) is 52.6 Å². The first-order chi connectivity index (χ1) is 13.4. The molecule has 0 bridgehead atoms. The SMILES string of the molecule is C[C@@H](O)[C@H]1C(=O)N2C(C(=O)O)=C(CNC(=O)OCC=Cc3ccccc3)S[C@H]12. The number of thioether (sulfide) groups is 1. The lowest BCUT2D eigenvalue weighted by atomic mass is 9.92. The molecule has 3 rings (SSSR count). The summed E-state index contributed by atoms with van der Waals surface area (Å²) in [6.07, 6.45) is 1.95. The molecule has 1 saturated heterocycles. The smallest absolute Gasteiger partial charge is 0.407 e. The number of alkyl carbamates (subject to hydrolysis) is 1. The summed E-state index contributed by atoms with van der Waals surface area (Å²) in [7, 11) is 0. The van der Waals surface area contributed by atoms with E-state index in [1.165, 1.54) is 6.92 Å². The van der Waals surface area contributed by atoms with Crippen molar-refractivity contribution in [3.63, 3.8) is 0 Å². The van der Waals surface area contributed by atoms with Crippen molar-refractivity contribution in [3.8, 4) is 0 Å². The van der Waals surface area contributed by atoms with Gasteiger partial charge in [0, 0.05) is 4.91 Å². The van der Waals surface area contributed by atoms with E-state index in [1.807, 2.05) is 36.4 Å². The number of aliphatic hydroxyl groups is 1. The van der Waals surface area contributed by atoms with Crippen molar-refractivity contribution in [1.29, 1.82) is 0 Å². The van der Waals surface area contributed by atoms with Crippen molar-refractivity contribution < 1.29 is 29.3 Å². The Kier molecular flexibility index (Phi) is 6.05. The summed E-state index contributed by atoms with van der Waals surface area (Å²) in [4.78, 5) is 37.0. The molecule has 2 amide bonds. The van der Waals surface area contributed by atoms with E-state index in [1.54, 1.807) is 6.08 Å². The first-order valence-electron chi connectivity index (χ1n) is 8.66. The number of nitrogens with zero attached hydrogens (tertiary/aromatic N) is 1. The van der Waals surface area contributed by atoms with Crippen LogP contribution in [-0.2, 0) is 14.3 Å². The number of carboxylic acid groups (broad SMARTS) is 1. The molecule has 2 aliphatic rings. The fourth-order valence-corrected chi connectivity index (χ4v) is 4.60. The first kappa shape index (κ1) is 20.0. The van der Waals surface area contributed by atoms with E-state index in [2.05, 4.69) is 5.32 Å². The number of nitrogens with one attached hydrogen (secondary N) is 1. The molecule has 0 aromatic heterocycles. The molecule has 0 unspecified atom stereocenters. The number of ether oxygens (including phenoxy) is 1. The summed E-state index contributed by atoms with van der Waals surface area (Å²) in [5.41, 5.74) is 0.827. The largest absolute Gasteiger partial charge is 0.477 e. The van der Waals surface area contributed by atoms with Gasteiger partial charge in [0.05, 0.1) is 18.6 Å². The van der Waals surface area contributed by atoms with E-state index in [0.29, 0.717) is 4.91 Å². The Bertz CT molecular complexity index is 836. The quantitative estimate of drug-likeness (QED) is 0.592. The Morgan fingerprint density at radius 3 is 2.71 bits per heavy atom. The predicted octanol–water partition coefficient (Wildman–Crippen LogP) is 1.63. The summed E-state index contributed by atoms with van der Waals surface area (Å²) >= 11 is 1.16. The summed E-state index contributed by atoms with van der Waals surface area (Å²) in [6.45, 7) is 1.49. The van der Waals surface area contributed by atoms with Crippen LogP contribution < -0.4 is 5.32 Å². The minimum Gasteiger partial charge on any atom is -0.477 e. The third kappa shape index (κ3) is 4.05. The highest BCUT2D eigenvalue weighted by Crippen LogP contribution is 2.49. The highest BCUT2D eigenvalue weighted by Gasteiger charge is 2.57. The maximum absolute atomic E-state index is 12.1. The number of carbonyl (C=O) groups excluding carboxylic acids is 2. The first-order valence-corrected chi connectivity index (χ1v) is 9.54. The molecular formula is C19H20N2O6S. The fraction of sp³-hybridized carbons (Fsp3) is 0.316. The number of rotatable bonds is 7. The van der Waals surface area contributed by atoms with Gasteiger partial charge in [-0.3, -0.25) is 9.69 Å². The van der Waals surface area contributed by atoms with E-state index >= 15 is 0 Å². The molecule has 0 aliphatic carbocycles. The Labute approximate surface area is 165 Å². The second-order valence-electron chi connectivity index (χ2n) is 6.33. The van der Waals surface area contributed by atoms with Crippen LogP contribution in [0.15, 0.2) is 47.0 Å². The second kappa shape index (κ2) is 8.49. The molecule has 1 fully saturated rings. The standard InChI is InChI=1S/C19H20N2O6S/c1-11(22)14-16(23)21-15(18(24)25)13(28-17(14)21)10-20-19(26)27-9-5-8-12-6-3-2-4-7-12/h2-8,11,14,17,22H,9-10H2,1H3,(H,20,26)(H,24,25)/t11-,14+,17-/m1/s1. The summed E-state index contributed by atoms with van der Waals surface area (Å²) < 4.78 is 5.03. The number of aliphatic carboxylic acids is 1. The number of carbonyl (C=O) groups is 3. The third-order valence-corrected chi connectivity index (χ3v) is 5.76. The lowest BCUT2D eigenvalue weighted by molar-refractivity contribution is -0.156. The van der Waals surface area contributed by atoms with Crippen molar-refractivity contribution in [2.75, 3.05) is 13.2 Å². The van der Waals surface area contributed by atoms with Crippen LogP contribution in [0.1, 0.15) is 12.5 Å². The summed E-state index contributed by atoms with van der Waals surface area (Å²) in [5.74, 6) is -2.32. The highest BCUT2D eigenvalue weighted by molar-refractivity contribution is 8.04.